The molecule has 1 aromatic heterocycles. The van der Waals surface area contributed by atoms with Crippen LogP contribution in [0.15, 0.2) is 54.7 Å². The Labute approximate surface area is 155 Å². The molecule has 0 fully saturated rings. The second kappa shape index (κ2) is 7.77. The number of aromatic amines is 1. The van der Waals surface area contributed by atoms with Crippen LogP contribution in [0.4, 0.5) is 0 Å². The summed E-state index contributed by atoms with van der Waals surface area (Å²) in [5.41, 5.74) is 4.68. The summed E-state index contributed by atoms with van der Waals surface area (Å²) < 4.78 is 0. The van der Waals surface area contributed by atoms with Gasteiger partial charge >= 0.3 is 0 Å². The molecule has 2 atom stereocenters. The van der Waals surface area contributed by atoms with Crippen molar-refractivity contribution in [3.05, 3.63) is 71.4 Å². The lowest BCUT2D eigenvalue weighted by molar-refractivity contribution is -0.122. The van der Waals surface area contributed by atoms with Gasteiger partial charge in [-0.2, -0.15) is 0 Å². The molecule has 1 amide bonds. The van der Waals surface area contributed by atoms with E-state index in [9.17, 15) is 4.79 Å². The molecule has 26 heavy (non-hydrogen) atoms. The number of H-pyrrole nitrogens is 1. The average Bonchev–Trinajstić information content (AvgIpc) is 3.03. The molecule has 0 aliphatic heterocycles. The van der Waals surface area contributed by atoms with Crippen LogP contribution in [-0.2, 0) is 4.79 Å². The molecule has 0 spiro atoms. The van der Waals surface area contributed by atoms with Crippen molar-refractivity contribution in [2.45, 2.75) is 46.1 Å². The summed E-state index contributed by atoms with van der Waals surface area (Å²) in [5, 5.41) is 4.34. The number of aromatic nitrogens is 1. The maximum absolute atomic E-state index is 12.7. The third kappa shape index (κ3) is 3.98. The van der Waals surface area contributed by atoms with Gasteiger partial charge in [-0.25, -0.2) is 0 Å². The minimum atomic E-state index is 0.0328. The molecule has 0 aliphatic carbocycles. The summed E-state index contributed by atoms with van der Waals surface area (Å²) >= 11 is 0. The van der Waals surface area contributed by atoms with Crippen molar-refractivity contribution in [3.63, 3.8) is 0 Å². The standard InChI is InChI=1S/C23H28N2O/c1-15(2)17(4)25-23(26)13-20(18-9-7-8-16(3)12-18)21-14-24-22-11-6-5-10-19(21)22/h5-12,14-15,17,20,24H,13H2,1-4H3,(H,25,26). The lowest BCUT2D eigenvalue weighted by Crippen LogP contribution is -2.36. The molecule has 0 bridgehead atoms. The highest BCUT2D eigenvalue weighted by Crippen LogP contribution is 2.33. The molecule has 2 unspecified atom stereocenters. The van der Waals surface area contributed by atoms with Gasteiger partial charge in [0.15, 0.2) is 0 Å². The third-order valence-electron chi connectivity index (χ3n) is 5.22. The van der Waals surface area contributed by atoms with Crippen LogP contribution in [0.3, 0.4) is 0 Å². The molecule has 2 N–H and O–H groups in total. The first-order valence-electron chi connectivity index (χ1n) is 9.37. The number of hydrogen-bond acceptors (Lipinski definition) is 1. The highest BCUT2D eigenvalue weighted by molar-refractivity contribution is 5.86. The third-order valence-corrected chi connectivity index (χ3v) is 5.22. The minimum absolute atomic E-state index is 0.0328. The van der Waals surface area contributed by atoms with E-state index in [0.717, 1.165) is 5.52 Å². The largest absolute Gasteiger partial charge is 0.361 e. The van der Waals surface area contributed by atoms with E-state index in [2.05, 4.69) is 80.6 Å². The van der Waals surface area contributed by atoms with E-state index >= 15 is 0 Å². The first-order valence-corrected chi connectivity index (χ1v) is 9.37. The maximum Gasteiger partial charge on any atom is 0.221 e. The first-order chi connectivity index (χ1) is 12.5. The van der Waals surface area contributed by atoms with Crippen LogP contribution in [-0.4, -0.2) is 16.9 Å². The summed E-state index contributed by atoms with van der Waals surface area (Å²) in [7, 11) is 0. The van der Waals surface area contributed by atoms with Gasteiger partial charge < -0.3 is 10.3 Å². The van der Waals surface area contributed by atoms with Crippen LogP contribution < -0.4 is 5.32 Å². The average molecular weight is 348 g/mol. The Bertz CT molecular complexity index is 894. The van der Waals surface area contributed by atoms with E-state index in [-0.39, 0.29) is 17.9 Å². The number of fused-ring (bicyclic) bond motifs is 1. The lowest BCUT2D eigenvalue weighted by Gasteiger charge is -2.21. The van der Waals surface area contributed by atoms with Crippen LogP contribution in [0.1, 0.15) is 49.8 Å². The number of carbonyl (C=O) groups excluding carboxylic acids is 1. The van der Waals surface area contributed by atoms with Gasteiger partial charge in [-0.15, -0.1) is 0 Å². The Morgan fingerprint density at radius 2 is 1.85 bits per heavy atom. The van der Waals surface area contributed by atoms with Gasteiger partial charge in [0.25, 0.3) is 0 Å². The Morgan fingerprint density at radius 3 is 2.58 bits per heavy atom. The van der Waals surface area contributed by atoms with Crippen LogP contribution in [0.5, 0.6) is 0 Å². The molecule has 3 heteroatoms. The second-order valence-corrected chi connectivity index (χ2v) is 7.56. The van der Waals surface area contributed by atoms with Crippen LogP contribution >= 0.6 is 0 Å². The number of aryl methyl sites for hydroxylation is 1. The van der Waals surface area contributed by atoms with E-state index in [1.807, 2.05) is 12.1 Å². The second-order valence-electron chi connectivity index (χ2n) is 7.56. The number of nitrogens with one attached hydrogen (secondary N) is 2. The smallest absolute Gasteiger partial charge is 0.221 e. The normalized spacial score (nSPS) is 13.7. The van der Waals surface area contributed by atoms with Gasteiger partial charge in [-0.1, -0.05) is 61.9 Å². The van der Waals surface area contributed by atoms with Gasteiger partial charge in [0, 0.05) is 35.5 Å². The summed E-state index contributed by atoms with van der Waals surface area (Å²) in [6.07, 6.45) is 2.50. The number of rotatable bonds is 6. The number of para-hydroxylation sites is 1. The van der Waals surface area contributed by atoms with Crippen molar-refractivity contribution in [1.29, 1.82) is 0 Å². The topological polar surface area (TPSA) is 44.9 Å². The van der Waals surface area contributed by atoms with Crippen LogP contribution in [0.25, 0.3) is 10.9 Å². The summed E-state index contributed by atoms with van der Waals surface area (Å²) in [5.74, 6) is 0.554. The quantitative estimate of drug-likeness (QED) is 0.635. The number of hydrogen-bond donors (Lipinski definition) is 2. The predicted molar refractivity (Wildman–Crippen MR) is 108 cm³/mol. The maximum atomic E-state index is 12.7. The fourth-order valence-electron chi connectivity index (χ4n) is 3.34. The minimum Gasteiger partial charge on any atom is -0.361 e. The summed E-state index contributed by atoms with van der Waals surface area (Å²) in [4.78, 5) is 16.1. The molecule has 0 radical (unpaired) electrons. The van der Waals surface area contributed by atoms with Gasteiger partial charge in [0.2, 0.25) is 5.91 Å². The molecular formula is C23H28N2O. The highest BCUT2D eigenvalue weighted by Gasteiger charge is 2.22. The van der Waals surface area contributed by atoms with E-state index in [4.69, 9.17) is 0 Å². The Kier molecular flexibility index (Phi) is 5.46. The lowest BCUT2D eigenvalue weighted by atomic mass is 9.87. The molecule has 0 aliphatic rings. The zero-order valence-electron chi connectivity index (χ0n) is 16.0. The fourth-order valence-corrected chi connectivity index (χ4v) is 3.34. The molecule has 3 rings (SSSR count). The first kappa shape index (κ1) is 18.2. The zero-order valence-corrected chi connectivity index (χ0v) is 16.0. The van der Waals surface area contributed by atoms with Crippen molar-refractivity contribution in [3.8, 4) is 0 Å². The van der Waals surface area contributed by atoms with Crippen LogP contribution in [0.2, 0.25) is 0 Å². The Balaban J connectivity index is 1.96. The van der Waals surface area contributed by atoms with Crippen molar-refractivity contribution < 1.29 is 4.79 Å². The van der Waals surface area contributed by atoms with Crippen molar-refractivity contribution in [2.75, 3.05) is 0 Å². The Morgan fingerprint density at radius 1 is 1.08 bits per heavy atom. The summed E-state index contributed by atoms with van der Waals surface area (Å²) in [6, 6.07) is 16.9. The molecule has 0 saturated heterocycles. The molecule has 3 aromatic rings. The van der Waals surface area contributed by atoms with E-state index in [0.29, 0.717) is 12.3 Å². The van der Waals surface area contributed by atoms with Crippen LogP contribution in [0, 0.1) is 12.8 Å². The summed E-state index contributed by atoms with van der Waals surface area (Å²) in [6.45, 7) is 8.41. The van der Waals surface area contributed by atoms with Gasteiger partial charge in [0.05, 0.1) is 0 Å². The number of amides is 1. The number of carbonyl (C=O) groups is 1. The number of benzene rings is 2. The van der Waals surface area contributed by atoms with E-state index < -0.39 is 0 Å². The van der Waals surface area contributed by atoms with Gasteiger partial charge in [-0.3, -0.25) is 4.79 Å². The molecule has 2 aromatic carbocycles. The monoisotopic (exact) mass is 348 g/mol. The highest BCUT2D eigenvalue weighted by atomic mass is 16.1. The van der Waals surface area contributed by atoms with Gasteiger partial charge in [-0.05, 0) is 37.0 Å². The Hall–Kier alpha value is -2.55. The van der Waals surface area contributed by atoms with Crippen molar-refractivity contribution in [2.24, 2.45) is 5.92 Å². The SMILES string of the molecule is Cc1cccc(C(CC(=O)NC(C)C(C)C)c2c[nH]c3ccccc23)c1. The molecule has 1 heterocycles. The molecule has 3 nitrogen and oxygen atoms in total. The van der Waals surface area contributed by atoms with Crippen molar-refractivity contribution >= 4 is 16.8 Å². The molecule has 136 valence electrons. The van der Waals surface area contributed by atoms with E-state index in [1.165, 1.54) is 22.1 Å². The van der Waals surface area contributed by atoms with Gasteiger partial charge in [0.1, 0.15) is 0 Å². The zero-order chi connectivity index (χ0) is 18.7. The van der Waals surface area contributed by atoms with Crippen molar-refractivity contribution in [1.82, 2.24) is 10.3 Å². The predicted octanol–water partition coefficient (Wildman–Crippen LogP) is 5.16. The van der Waals surface area contributed by atoms with E-state index in [1.54, 1.807) is 0 Å². The molecular weight excluding hydrogens is 320 g/mol. The fraction of sp³-hybridized carbons (Fsp3) is 0.348. The molecule has 0 saturated carbocycles.